The van der Waals surface area contributed by atoms with Crippen molar-refractivity contribution in [1.29, 1.82) is 0 Å². The molecular formula is C15H21N3O3. The SMILES string of the molecule is COc1cccc(N2CC(NC(=O)CC(C)N)CC2=O)c1. The van der Waals surface area contributed by atoms with Crippen molar-refractivity contribution in [3.8, 4) is 5.75 Å². The minimum atomic E-state index is -0.184. The fraction of sp³-hybridized carbons (Fsp3) is 0.467. The number of benzene rings is 1. The first-order chi connectivity index (χ1) is 9.99. The molecule has 2 atom stereocenters. The Morgan fingerprint density at radius 3 is 3.00 bits per heavy atom. The minimum Gasteiger partial charge on any atom is -0.497 e. The number of methoxy groups -OCH3 is 1. The van der Waals surface area contributed by atoms with E-state index in [-0.39, 0.29) is 30.3 Å². The van der Waals surface area contributed by atoms with Gasteiger partial charge in [-0.15, -0.1) is 0 Å². The standard InChI is InChI=1S/C15H21N3O3/c1-10(16)6-14(19)17-11-7-15(20)18(9-11)12-4-3-5-13(8-12)21-2/h3-5,8,10-11H,6-7,9,16H2,1-2H3,(H,17,19). The van der Waals surface area contributed by atoms with Gasteiger partial charge in [0.25, 0.3) is 0 Å². The molecule has 3 N–H and O–H groups in total. The van der Waals surface area contributed by atoms with Gasteiger partial charge in [0.2, 0.25) is 11.8 Å². The van der Waals surface area contributed by atoms with Crippen molar-refractivity contribution in [1.82, 2.24) is 5.32 Å². The number of hydrogen-bond acceptors (Lipinski definition) is 4. The topological polar surface area (TPSA) is 84.7 Å². The summed E-state index contributed by atoms with van der Waals surface area (Å²) < 4.78 is 5.16. The van der Waals surface area contributed by atoms with Gasteiger partial charge in [-0.2, -0.15) is 0 Å². The van der Waals surface area contributed by atoms with Gasteiger partial charge < -0.3 is 20.7 Å². The van der Waals surface area contributed by atoms with E-state index in [9.17, 15) is 9.59 Å². The average molecular weight is 291 g/mol. The van der Waals surface area contributed by atoms with Crippen molar-refractivity contribution in [3.63, 3.8) is 0 Å². The van der Waals surface area contributed by atoms with Crippen molar-refractivity contribution in [3.05, 3.63) is 24.3 Å². The van der Waals surface area contributed by atoms with Crippen LogP contribution in [0.4, 0.5) is 5.69 Å². The van der Waals surface area contributed by atoms with E-state index in [4.69, 9.17) is 10.5 Å². The lowest BCUT2D eigenvalue weighted by molar-refractivity contribution is -0.122. The molecule has 6 nitrogen and oxygen atoms in total. The number of hydrogen-bond donors (Lipinski definition) is 2. The lowest BCUT2D eigenvalue weighted by Gasteiger charge is -2.18. The Labute approximate surface area is 124 Å². The predicted molar refractivity (Wildman–Crippen MR) is 80.2 cm³/mol. The van der Waals surface area contributed by atoms with Crippen LogP contribution in [0.15, 0.2) is 24.3 Å². The molecule has 2 amide bonds. The van der Waals surface area contributed by atoms with Gasteiger partial charge in [-0.1, -0.05) is 6.07 Å². The highest BCUT2D eigenvalue weighted by Gasteiger charge is 2.31. The van der Waals surface area contributed by atoms with Gasteiger partial charge in [-0.25, -0.2) is 0 Å². The molecule has 2 unspecified atom stereocenters. The van der Waals surface area contributed by atoms with E-state index in [1.54, 1.807) is 18.9 Å². The number of carbonyl (C=O) groups is 2. The smallest absolute Gasteiger partial charge is 0.229 e. The number of amides is 2. The molecule has 114 valence electrons. The number of rotatable bonds is 5. The second-order valence-corrected chi connectivity index (χ2v) is 5.36. The monoisotopic (exact) mass is 291 g/mol. The third kappa shape index (κ3) is 3.95. The second kappa shape index (κ2) is 6.58. The van der Waals surface area contributed by atoms with Gasteiger partial charge in [0.15, 0.2) is 0 Å². The number of ether oxygens (including phenoxy) is 1. The number of carbonyl (C=O) groups excluding carboxylic acids is 2. The van der Waals surface area contributed by atoms with Crippen LogP contribution in [0.3, 0.4) is 0 Å². The van der Waals surface area contributed by atoms with Crippen molar-refractivity contribution in [2.45, 2.75) is 31.8 Å². The van der Waals surface area contributed by atoms with E-state index >= 15 is 0 Å². The van der Waals surface area contributed by atoms with E-state index in [1.807, 2.05) is 24.3 Å². The Bertz CT molecular complexity index is 531. The Hall–Kier alpha value is -2.08. The molecule has 0 aromatic heterocycles. The molecule has 1 aromatic carbocycles. The van der Waals surface area contributed by atoms with E-state index in [2.05, 4.69) is 5.32 Å². The van der Waals surface area contributed by atoms with Crippen LogP contribution in [0.1, 0.15) is 19.8 Å². The Morgan fingerprint density at radius 2 is 2.33 bits per heavy atom. The molecule has 1 aromatic rings. The zero-order chi connectivity index (χ0) is 15.4. The van der Waals surface area contributed by atoms with Gasteiger partial charge in [0, 0.05) is 37.2 Å². The van der Waals surface area contributed by atoms with Crippen LogP contribution < -0.4 is 20.7 Å². The third-order valence-electron chi connectivity index (χ3n) is 3.36. The highest BCUT2D eigenvalue weighted by atomic mass is 16.5. The van der Waals surface area contributed by atoms with E-state index in [0.29, 0.717) is 18.7 Å². The number of nitrogens with two attached hydrogens (primary N) is 1. The highest BCUT2D eigenvalue weighted by Crippen LogP contribution is 2.25. The molecular weight excluding hydrogens is 270 g/mol. The lowest BCUT2D eigenvalue weighted by Crippen LogP contribution is -2.39. The maximum atomic E-state index is 12.1. The summed E-state index contributed by atoms with van der Waals surface area (Å²) in [5, 5.41) is 2.86. The molecule has 2 rings (SSSR count). The number of anilines is 1. The highest BCUT2D eigenvalue weighted by molar-refractivity contribution is 5.97. The van der Waals surface area contributed by atoms with Crippen molar-refractivity contribution >= 4 is 17.5 Å². The molecule has 0 spiro atoms. The molecule has 21 heavy (non-hydrogen) atoms. The minimum absolute atomic E-state index is 0.00523. The molecule has 0 aliphatic carbocycles. The Balaban J connectivity index is 2.00. The number of nitrogens with zero attached hydrogens (tertiary/aromatic N) is 1. The largest absolute Gasteiger partial charge is 0.497 e. The molecule has 1 fully saturated rings. The molecule has 6 heteroatoms. The van der Waals surface area contributed by atoms with Crippen LogP contribution in [-0.2, 0) is 9.59 Å². The van der Waals surface area contributed by atoms with Gasteiger partial charge in [-0.05, 0) is 19.1 Å². The first-order valence-corrected chi connectivity index (χ1v) is 6.99. The van der Waals surface area contributed by atoms with Crippen molar-refractivity contribution in [2.24, 2.45) is 5.73 Å². The fourth-order valence-corrected chi connectivity index (χ4v) is 2.41. The summed E-state index contributed by atoms with van der Waals surface area (Å²) in [5.74, 6) is 0.578. The average Bonchev–Trinajstić information content (AvgIpc) is 2.78. The molecule has 1 saturated heterocycles. The van der Waals surface area contributed by atoms with Gasteiger partial charge in [-0.3, -0.25) is 9.59 Å². The molecule has 1 aliphatic heterocycles. The first-order valence-electron chi connectivity index (χ1n) is 6.99. The Kier molecular flexibility index (Phi) is 4.80. The molecule has 0 saturated carbocycles. The maximum absolute atomic E-state index is 12.1. The molecule has 1 aliphatic rings. The lowest BCUT2D eigenvalue weighted by atomic mass is 10.2. The van der Waals surface area contributed by atoms with Gasteiger partial charge in [0.1, 0.15) is 5.75 Å². The summed E-state index contributed by atoms with van der Waals surface area (Å²) in [5.41, 5.74) is 6.37. The van der Waals surface area contributed by atoms with Crippen LogP contribution in [0.25, 0.3) is 0 Å². The van der Waals surface area contributed by atoms with Crippen LogP contribution in [0.2, 0.25) is 0 Å². The summed E-state index contributed by atoms with van der Waals surface area (Å²) in [6.45, 7) is 2.25. The quantitative estimate of drug-likeness (QED) is 0.834. The zero-order valence-electron chi connectivity index (χ0n) is 12.3. The van der Waals surface area contributed by atoms with E-state index in [1.165, 1.54) is 0 Å². The first kappa shape index (κ1) is 15.3. The summed E-state index contributed by atoms with van der Waals surface area (Å²) in [6, 6.07) is 6.97. The summed E-state index contributed by atoms with van der Waals surface area (Å²) in [6.07, 6.45) is 0.575. The third-order valence-corrected chi connectivity index (χ3v) is 3.36. The van der Waals surface area contributed by atoms with Gasteiger partial charge in [0.05, 0.1) is 13.2 Å². The van der Waals surface area contributed by atoms with Crippen molar-refractivity contribution in [2.75, 3.05) is 18.6 Å². The summed E-state index contributed by atoms with van der Waals surface area (Å²) in [7, 11) is 1.59. The Morgan fingerprint density at radius 1 is 1.57 bits per heavy atom. The zero-order valence-corrected chi connectivity index (χ0v) is 12.3. The molecule has 0 bridgehead atoms. The molecule has 0 radical (unpaired) electrons. The predicted octanol–water partition coefficient (Wildman–Crippen LogP) is 0.654. The normalized spacial score (nSPS) is 19.5. The van der Waals surface area contributed by atoms with Crippen molar-refractivity contribution < 1.29 is 14.3 Å². The fourth-order valence-electron chi connectivity index (χ4n) is 2.41. The van der Waals surface area contributed by atoms with Crippen LogP contribution in [-0.4, -0.2) is 37.6 Å². The maximum Gasteiger partial charge on any atom is 0.229 e. The molecule has 1 heterocycles. The van der Waals surface area contributed by atoms with E-state index < -0.39 is 0 Å². The van der Waals surface area contributed by atoms with Gasteiger partial charge >= 0.3 is 0 Å². The second-order valence-electron chi connectivity index (χ2n) is 5.36. The summed E-state index contributed by atoms with van der Waals surface area (Å²) in [4.78, 5) is 25.5. The van der Waals surface area contributed by atoms with Crippen LogP contribution in [0, 0.1) is 0 Å². The number of nitrogens with one attached hydrogen (secondary N) is 1. The van der Waals surface area contributed by atoms with Crippen LogP contribution in [0.5, 0.6) is 5.75 Å². The van der Waals surface area contributed by atoms with Crippen LogP contribution >= 0.6 is 0 Å². The summed E-state index contributed by atoms with van der Waals surface area (Å²) >= 11 is 0. The van der Waals surface area contributed by atoms with E-state index in [0.717, 1.165) is 5.69 Å².